The van der Waals surface area contributed by atoms with Crippen LogP contribution in [0.3, 0.4) is 0 Å². The van der Waals surface area contributed by atoms with E-state index in [2.05, 4.69) is 26.1 Å². The highest BCUT2D eigenvalue weighted by molar-refractivity contribution is 9.10. The number of rotatable bonds is 2. The molecule has 0 atom stereocenters. The largest absolute Gasteiger partial charge is 0.495 e. The van der Waals surface area contributed by atoms with Crippen molar-refractivity contribution < 1.29 is 4.74 Å². The van der Waals surface area contributed by atoms with Crippen LogP contribution in [0.1, 0.15) is 0 Å². The van der Waals surface area contributed by atoms with Crippen molar-refractivity contribution in [3.05, 3.63) is 28.9 Å². The lowest BCUT2D eigenvalue weighted by Crippen LogP contribution is -1.93. The fourth-order valence-electron chi connectivity index (χ4n) is 1.39. The predicted octanol–water partition coefficient (Wildman–Crippen LogP) is 2.25. The maximum absolute atomic E-state index is 5.32. The number of nitrogens with zero attached hydrogens (tertiary/aromatic N) is 3. The third-order valence-electron chi connectivity index (χ3n) is 2.05. The molecule has 15 heavy (non-hydrogen) atoms. The molecule has 2 rings (SSSR count). The molecular weight excluding hydrogens is 258 g/mol. The van der Waals surface area contributed by atoms with E-state index in [0.717, 1.165) is 21.5 Å². The van der Waals surface area contributed by atoms with Crippen LogP contribution in [-0.2, 0) is 7.05 Å². The van der Waals surface area contributed by atoms with Gasteiger partial charge in [-0.2, -0.15) is 15.0 Å². The number of aryl methyl sites for hydroxylation is 1. The number of hydrogen-bond acceptors (Lipinski definition) is 3. The first kappa shape index (κ1) is 10.2. The maximum Gasteiger partial charge on any atom is 0.142 e. The van der Waals surface area contributed by atoms with Gasteiger partial charge in [0.15, 0.2) is 0 Å². The van der Waals surface area contributed by atoms with Gasteiger partial charge in [-0.15, -0.1) is 0 Å². The molecule has 0 saturated carbocycles. The van der Waals surface area contributed by atoms with Gasteiger partial charge in [0, 0.05) is 12.6 Å². The lowest BCUT2D eigenvalue weighted by atomic mass is 10.1. The highest BCUT2D eigenvalue weighted by atomic mass is 79.9. The average Bonchev–Trinajstić information content (AvgIpc) is 2.64. The van der Waals surface area contributed by atoms with Gasteiger partial charge < -0.3 is 4.74 Å². The van der Waals surface area contributed by atoms with E-state index in [1.165, 1.54) is 4.80 Å². The second-order valence-electron chi connectivity index (χ2n) is 3.04. The Hall–Kier alpha value is -1.36. The summed E-state index contributed by atoms with van der Waals surface area (Å²) in [7, 11) is 3.42. The second-order valence-corrected chi connectivity index (χ2v) is 3.89. The Kier molecular flexibility index (Phi) is 2.73. The lowest BCUT2D eigenvalue weighted by molar-refractivity contribution is 0.413. The molecule has 0 radical (unpaired) electrons. The summed E-state index contributed by atoms with van der Waals surface area (Å²) in [5, 5.41) is 8.27. The summed E-state index contributed by atoms with van der Waals surface area (Å²) in [6, 6.07) is 5.82. The monoisotopic (exact) mass is 267 g/mol. The van der Waals surface area contributed by atoms with Gasteiger partial charge in [0.25, 0.3) is 0 Å². The van der Waals surface area contributed by atoms with E-state index < -0.39 is 0 Å². The number of benzene rings is 1. The normalized spacial score (nSPS) is 10.3. The molecule has 0 N–H and O–H groups in total. The number of hydrogen-bond donors (Lipinski definition) is 0. The fraction of sp³-hybridized carbons (Fsp3) is 0.200. The molecule has 1 aromatic heterocycles. The van der Waals surface area contributed by atoms with Gasteiger partial charge in [-0.25, -0.2) is 0 Å². The molecule has 4 nitrogen and oxygen atoms in total. The average molecular weight is 268 g/mol. The summed E-state index contributed by atoms with van der Waals surface area (Å²) < 4.78 is 6.23. The minimum atomic E-state index is 0.776. The van der Waals surface area contributed by atoms with E-state index in [4.69, 9.17) is 4.74 Å². The summed E-state index contributed by atoms with van der Waals surface area (Å²) in [4.78, 5) is 1.52. The van der Waals surface area contributed by atoms with Crippen LogP contribution >= 0.6 is 15.9 Å². The van der Waals surface area contributed by atoms with Crippen LogP contribution in [0.5, 0.6) is 5.75 Å². The van der Waals surface area contributed by atoms with Crippen molar-refractivity contribution in [2.24, 2.45) is 7.05 Å². The Labute approximate surface area is 96.0 Å². The highest BCUT2D eigenvalue weighted by Gasteiger charge is 2.11. The van der Waals surface area contributed by atoms with Gasteiger partial charge >= 0.3 is 0 Å². The van der Waals surface area contributed by atoms with Crippen molar-refractivity contribution in [1.82, 2.24) is 15.0 Å². The number of ether oxygens (including phenoxy) is 1. The predicted molar refractivity (Wildman–Crippen MR) is 60.7 cm³/mol. The van der Waals surface area contributed by atoms with Crippen LogP contribution < -0.4 is 4.74 Å². The van der Waals surface area contributed by atoms with Gasteiger partial charge in [-0.3, -0.25) is 0 Å². The molecule has 0 aliphatic rings. The molecule has 0 amide bonds. The first-order valence-corrected chi connectivity index (χ1v) is 5.21. The summed E-state index contributed by atoms with van der Waals surface area (Å²) in [5.41, 5.74) is 1.73. The number of para-hydroxylation sites is 1. The Morgan fingerprint density at radius 2 is 2.20 bits per heavy atom. The molecule has 0 fully saturated rings. The van der Waals surface area contributed by atoms with E-state index in [0.29, 0.717) is 0 Å². The minimum Gasteiger partial charge on any atom is -0.495 e. The zero-order valence-corrected chi connectivity index (χ0v) is 10.0. The summed E-state index contributed by atoms with van der Waals surface area (Å²) in [6.45, 7) is 0. The second kappa shape index (κ2) is 4.02. The summed E-state index contributed by atoms with van der Waals surface area (Å²) in [6.07, 6.45) is 1.71. The number of methoxy groups -OCH3 is 1. The maximum atomic E-state index is 5.32. The van der Waals surface area contributed by atoms with Crippen LogP contribution in [0.2, 0.25) is 0 Å². The van der Waals surface area contributed by atoms with Crippen molar-refractivity contribution >= 4 is 15.9 Å². The Bertz CT molecular complexity index is 481. The molecule has 0 unspecified atom stereocenters. The molecule has 2 aromatic rings. The van der Waals surface area contributed by atoms with Gasteiger partial charge in [0.2, 0.25) is 0 Å². The molecule has 0 bridgehead atoms. The first-order valence-electron chi connectivity index (χ1n) is 4.41. The van der Waals surface area contributed by atoms with Crippen molar-refractivity contribution in [3.8, 4) is 17.0 Å². The number of halogens is 1. The molecular formula is C10H10BrN3O. The smallest absolute Gasteiger partial charge is 0.142 e. The summed E-state index contributed by atoms with van der Waals surface area (Å²) in [5.74, 6) is 0.776. The Morgan fingerprint density at radius 3 is 2.80 bits per heavy atom. The van der Waals surface area contributed by atoms with E-state index >= 15 is 0 Å². The molecule has 78 valence electrons. The van der Waals surface area contributed by atoms with Crippen molar-refractivity contribution in [1.29, 1.82) is 0 Å². The third-order valence-corrected chi connectivity index (χ3v) is 2.67. The first-order chi connectivity index (χ1) is 7.22. The van der Waals surface area contributed by atoms with Gasteiger partial charge in [-0.1, -0.05) is 6.07 Å². The van der Waals surface area contributed by atoms with Crippen LogP contribution in [-0.4, -0.2) is 22.1 Å². The Morgan fingerprint density at radius 1 is 1.40 bits per heavy atom. The van der Waals surface area contributed by atoms with Crippen LogP contribution in [0.4, 0.5) is 0 Å². The van der Waals surface area contributed by atoms with E-state index in [1.54, 1.807) is 20.4 Å². The van der Waals surface area contributed by atoms with Crippen molar-refractivity contribution in [2.75, 3.05) is 7.11 Å². The number of aromatic nitrogens is 3. The molecule has 1 aromatic carbocycles. The zero-order valence-electron chi connectivity index (χ0n) is 8.44. The van der Waals surface area contributed by atoms with Gasteiger partial charge in [0.1, 0.15) is 11.4 Å². The SMILES string of the molecule is COc1c(Br)cccc1-c1cnn(C)n1. The zero-order chi connectivity index (χ0) is 10.8. The summed E-state index contributed by atoms with van der Waals surface area (Å²) >= 11 is 3.43. The third kappa shape index (κ3) is 1.87. The minimum absolute atomic E-state index is 0.776. The molecule has 0 aliphatic carbocycles. The topological polar surface area (TPSA) is 39.9 Å². The quantitative estimate of drug-likeness (QED) is 0.838. The molecule has 0 spiro atoms. The van der Waals surface area contributed by atoms with Crippen molar-refractivity contribution in [2.45, 2.75) is 0 Å². The molecule has 5 heteroatoms. The molecule has 0 saturated heterocycles. The Balaban J connectivity index is 2.57. The van der Waals surface area contributed by atoms with E-state index in [-0.39, 0.29) is 0 Å². The lowest BCUT2D eigenvalue weighted by Gasteiger charge is -2.07. The van der Waals surface area contributed by atoms with E-state index in [9.17, 15) is 0 Å². The van der Waals surface area contributed by atoms with Crippen molar-refractivity contribution in [3.63, 3.8) is 0 Å². The van der Waals surface area contributed by atoms with Crippen LogP contribution in [0.25, 0.3) is 11.3 Å². The molecule has 0 aliphatic heterocycles. The molecule has 1 heterocycles. The van der Waals surface area contributed by atoms with E-state index in [1.807, 2.05) is 18.2 Å². The van der Waals surface area contributed by atoms with Gasteiger partial charge in [-0.05, 0) is 28.1 Å². The van der Waals surface area contributed by atoms with Gasteiger partial charge in [0.05, 0.1) is 17.8 Å². The van der Waals surface area contributed by atoms with Crippen LogP contribution in [0, 0.1) is 0 Å². The standard InChI is InChI=1S/C10H10BrN3O/c1-14-12-6-9(13-14)7-4-3-5-8(11)10(7)15-2/h3-6H,1-2H3. The highest BCUT2D eigenvalue weighted by Crippen LogP contribution is 2.34. The van der Waals surface area contributed by atoms with Crippen LogP contribution in [0.15, 0.2) is 28.9 Å². The fourth-order valence-corrected chi connectivity index (χ4v) is 1.92.